The van der Waals surface area contributed by atoms with Crippen molar-refractivity contribution in [2.75, 3.05) is 17.7 Å². The molecule has 0 saturated carbocycles. The largest absolute Gasteiger partial charge is 0.504 e. The van der Waals surface area contributed by atoms with E-state index in [1.54, 1.807) is 43.3 Å². The number of thioether (sulfide) groups is 1. The SMILES string of the molecule is CCCCOc1ccc(-c2c(C#N)c(SCC(=O)c3ccc(O)c(O)c3)nc(C)c2C(=O)Nc2ccccc2)cc1. The topological polar surface area (TPSA) is 133 Å². The van der Waals surface area contributed by atoms with Gasteiger partial charge in [0.2, 0.25) is 0 Å². The lowest BCUT2D eigenvalue weighted by Gasteiger charge is -2.17. The molecular weight excluding hydrogens is 538 g/mol. The number of nitrogens with zero attached hydrogens (tertiary/aromatic N) is 2. The van der Waals surface area contributed by atoms with Gasteiger partial charge in [-0.15, -0.1) is 0 Å². The van der Waals surface area contributed by atoms with Crippen LogP contribution in [0.3, 0.4) is 0 Å². The summed E-state index contributed by atoms with van der Waals surface area (Å²) in [7, 11) is 0. The van der Waals surface area contributed by atoms with Crippen molar-refractivity contribution in [2.45, 2.75) is 31.7 Å². The Bertz CT molecular complexity index is 1600. The van der Waals surface area contributed by atoms with Crippen LogP contribution >= 0.6 is 11.8 Å². The van der Waals surface area contributed by atoms with Gasteiger partial charge in [0.05, 0.1) is 29.2 Å². The van der Waals surface area contributed by atoms with Crippen molar-refractivity contribution in [1.82, 2.24) is 4.98 Å². The van der Waals surface area contributed by atoms with Crippen molar-refractivity contribution >= 4 is 29.1 Å². The molecule has 1 heterocycles. The standard InChI is InChI=1S/C32H29N3O5S/c1-3-4-16-40-24-13-10-21(11-14-24)30-25(18-33)32(41-19-28(38)22-12-15-26(36)27(37)17-22)34-20(2)29(30)31(39)35-23-8-6-5-7-9-23/h5-15,17,36-37H,3-4,16,19H2,1-2H3,(H,35,39). The molecular formula is C32H29N3O5S. The lowest BCUT2D eigenvalue weighted by atomic mass is 9.94. The van der Waals surface area contributed by atoms with E-state index in [1.807, 2.05) is 18.2 Å². The maximum Gasteiger partial charge on any atom is 0.258 e. The number of aryl methyl sites for hydroxylation is 1. The number of hydrogen-bond donors (Lipinski definition) is 3. The summed E-state index contributed by atoms with van der Waals surface area (Å²) in [5.74, 6) is -0.860. The van der Waals surface area contributed by atoms with Gasteiger partial charge >= 0.3 is 0 Å². The Labute approximate surface area is 242 Å². The van der Waals surface area contributed by atoms with Gasteiger partial charge in [0.15, 0.2) is 17.3 Å². The van der Waals surface area contributed by atoms with E-state index in [0.717, 1.165) is 24.6 Å². The number of para-hydroxylation sites is 1. The van der Waals surface area contributed by atoms with E-state index in [2.05, 4.69) is 23.3 Å². The molecule has 0 radical (unpaired) electrons. The van der Waals surface area contributed by atoms with Crippen LogP contribution in [0.2, 0.25) is 0 Å². The van der Waals surface area contributed by atoms with Crippen molar-refractivity contribution in [1.29, 1.82) is 5.26 Å². The fourth-order valence-electron chi connectivity index (χ4n) is 4.13. The normalized spacial score (nSPS) is 10.6. The summed E-state index contributed by atoms with van der Waals surface area (Å²) in [6, 6.07) is 22.3. The maximum absolute atomic E-state index is 13.6. The predicted molar refractivity (Wildman–Crippen MR) is 159 cm³/mol. The third-order valence-electron chi connectivity index (χ3n) is 6.26. The molecule has 0 aliphatic carbocycles. The Hall–Kier alpha value is -4.81. The first-order valence-electron chi connectivity index (χ1n) is 13.0. The zero-order chi connectivity index (χ0) is 29.4. The molecule has 0 bridgehead atoms. The third kappa shape index (κ3) is 7.04. The molecule has 3 aromatic carbocycles. The Morgan fingerprint density at radius 1 is 1.02 bits per heavy atom. The number of hydrogen-bond acceptors (Lipinski definition) is 8. The number of Topliss-reactive ketones (excluding diaryl/α,β-unsaturated/α-hetero) is 1. The highest BCUT2D eigenvalue weighted by molar-refractivity contribution is 8.00. The number of benzene rings is 3. The van der Waals surface area contributed by atoms with E-state index in [1.165, 1.54) is 18.2 Å². The van der Waals surface area contributed by atoms with Gasteiger partial charge in [0.25, 0.3) is 5.91 Å². The first-order valence-corrected chi connectivity index (χ1v) is 14.0. The summed E-state index contributed by atoms with van der Waals surface area (Å²) in [5, 5.41) is 32.8. The van der Waals surface area contributed by atoms with E-state index >= 15 is 0 Å². The second-order valence-electron chi connectivity index (χ2n) is 9.20. The van der Waals surface area contributed by atoms with Crippen LogP contribution in [0.25, 0.3) is 11.1 Å². The van der Waals surface area contributed by atoms with E-state index < -0.39 is 11.7 Å². The van der Waals surface area contributed by atoms with Crippen LogP contribution in [0.5, 0.6) is 17.2 Å². The van der Waals surface area contributed by atoms with E-state index in [-0.39, 0.29) is 34.0 Å². The van der Waals surface area contributed by atoms with Crippen LogP contribution in [0.1, 0.15) is 51.7 Å². The molecule has 0 spiro atoms. The zero-order valence-electron chi connectivity index (χ0n) is 22.7. The molecule has 208 valence electrons. The van der Waals surface area contributed by atoms with E-state index in [9.17, 15) is 25.1 Å². The molecule has 41 heavy (non-hydrogen) atoms. The average molecular weight is 568 g/mol. The van der Waals surface area contributed by atoms with Gasteiger partial charge in [-0.1, -0.05) is 55.4 Å². The molecule has 0 atom stereocenters. The van der Waals surface area contributed by atoms with Crippen LogP contribution in [-0.2, 0) is 0 Å². The third-order valence-corrected chi connectivity index (χ3v) is 7.24. The van der Waals surface area contributed by atoms with Crippen LogP contribution in [0.15, 0.2) is 77.8 Å². The lowest BCUT2D eigenvalue weighted by molar-refractivity contribution is 0.101. The van der Waals surface area contributed by atoms with E-state index in [4.69, 9.17) is 4.74 Å². The number of aromatic nitrogens is 1. The molecule has 0 aliphatic heterocycles. The van der Waals surface area contributed by atoms with Gasteiger partial charge in [-0.2, -0.15) is 5.26 Å². The molecule has 3 N–H and O–H groups in total. The number of pyridine rings is 1. The number of aromatic hydroxyl groups is 2. The summed E-state index contributed by atoms with van der Waals surface area (Å²) in [4.78, 5) is 31.0. The summed E-state index contributed by atoms with van der Waals surface area (Å²) in [6.45, 7) is 4.37. The number of nitriles is 1. The number of amides is 1. The summed E-state index contributed by atoms with van der Waals surface area (Å²) >= 11 is 1.07. The average Bonchev–Trinajstić information content (AvgIpc) is 2.97. The molecule has 0 aliphatic rings. The Morgan fingerprint density at radius 3 is 2.41 bits per heavy atom. The minimum atomic E-state index is -0.414. The molecule has 0 saturated heterocycles. The number of ketones is 1. The van der Waals surface area contributed by atoms with Gasteiger partial charge in [0, 0.05) is 16.8 Å². The van der Waals surface area contributed by atoms with Crippen LogP contribution in [-0.4, -0.2) is 39.2 Å². The highest BCUT2D eigenvalue weighted by Gasteiger charge is 2.25. The van der Waals surface area contributed by atoms with Crippen LogP contribution < -0.4 is 10.1 Å². The van der Waals surface area contributed by atoms with Crippen molar-refractivity contribution in [3.63, 3.8) is 0 Å². The maximum atomic E-state index is 13.6. The summed E-state index contributed by atoms with van der Waals surface area (Å²) < 4.78 is 5.79. The Balaban J connectivity index is 1.73. The van der Waals surface area contributed by atoms with Crippen molar-refractivity contribution in [2.24, 2.45) is 0 Å². The van der Waals surface area contributed by atoms with Crippen LogP contribution in [0.4, 0.5) is 5.69 Å². The second-order valence-corrected chi connectivity index (χ2v) is 10.2. The van der Waals surface area contributed by atoms with Gasteiger partial charge in [0.1, 0.15) is 16.8 Å². The summed E-state index contributed by atoms with van der Waals surface area (Å²) in [6.07, 6.45) is 1.94. The molecule has 8 nitrogen and oxygen atoms in total. The number of ether oxygens (including phenoxy) is 1. The first-order chi connectivity index (χ1) is 19.8. The smallest absolute Gasteiger partial charge is 0.258 e. The number of rotatable bonds is 11. The number of nitrogens with one attached hydrogen (secondary N) is 1. The Kier molecular flexibility index (Phi) is 9.61. The second kappa shape index (κ2) is 13.5. The van der Waals surface area contributed by atoms with Crippen LogP contribution in [0, 0.1) is 18.3 Å². The number of anilines is 1. The quantitative estimate of drug-likeness (QED) is 0.0785. The number of carbonyl (C=O) groups excluding carboxylic acids is 2. The monoisotopic (exact) mass is 567 g/mol. The number of unbranched alkanes of at least 4 members (excludes halogenated alkanes) is 1. The molecule has 0 fully saturated rings. The lowest BCUT2D eigenvalue weighted by Crippen LogP contribution is -2.17. The minimum Gasteiger partial charge on any atom is -0.504 e. The number of carbonyl (C=O) groups is 2. The van der Waals surface area contributed by atoms with Gasteiger partial charge in [-0.25, -0.2) is 4.98 Å². The first kappa shape index (κ1) is 29.2. The predicted octanol–water partition coefficient (Wildman–Crippen LogP) is 6.75. The minimum absolute atomic E-state index is 0.0788. The molecule has 9 heteroatoms. The molecule has 1 aromatic heterocycles. The van der Waals surface area contributed by atoms with Crippen molar-refractivity contribution in [3.8, 4) is 34.4 Å². The number of phenols is 2. The molecule has 1 amide bonds. The highest BCUT2D eigenvalue weighted by Crippen LogP contribution is 2.36. The fraction of sp³-hybridized carbons (Fsp3) is 0.188. The number of phenolic OH excluding ortho intramolecular Hbond substituents is 2. The fourth-order valence-corrected chi connectivity index (χ4v) is 5.06. The summed E-state index contributed by atoms with van der Waals surface area (Å²) in [5.41, 5.74) is 2.66. The van der Waals surface area contributed by atoms with Gasteiger partial charge < -0.3 is 20.3 Å². The molecule has 0 unspecified atom stereocenters. The zero-order valence-corrected chi connectivity index (χ0v) is 23.5. The Morgan fingerprint density at radius 2 is 1.76 bits per heavy atom. The van der Waals surface area contributed by atoms with Crippen molar-refractivity contribution in [3.05, 3.63) is 95.2 Å². The molecule has 4 aromatic rings. The highest BCUT2D eigenvalue weighted by atomic mass is 32.2. The van der Waals surface area contributed by atoms with Crippen molar-refractivity contribution < 1.29 is 24.5 Å². The van der Waals surface area contributed by atoms with Gasteiger partial charge in [-0.05, 0) is 61.4 Å². The molecule has 4 rings (SSSR count). The van der Waals surface area contributed by atoms with Gasteiger partial charge in [-0.3, -0.25) is 9.59 Å². The van der Waals surface area contributed by atoms with E-state index in [0.29, 0.717) is 39.9 Å².